The standard InChI is InChI=1S/C10H19ClO2/c1-9(2)6-5-7-10(8-11,12-3)13-4/h6H,5,7-8H2,1-4H3. The lowest BCUT2D eigenvalue weighted by molar-refractivity contribution is -0.193. The molecule has 78 valence electrons. The highest BCUT2D eigenvalue weighted by atomic mass is 35.5. The summed E-state index contributed by atoms with van der Waals surface area (Å²) in [5, 5.41) is 0. The van der Waals surface area contributed by atoms with Gasteiger partial charge in [-0.2, -0.15) is 0 Å². The number of alkyl halides is 1. The summed E-state index contributed by atoms with van der Waals surface area (Å²) in [5.74, 6) is -0.260. The number of halogens is 1. The van der Waals surface area contributed by atoms with E-state index in [1.54, 1.807) is 14.2 Å². The van der Waals surface area contributed by atoms with Gasteiger partial charge in [0.15, 0.2) is 5.79 Å². The van der Waals surface area contributed by atoms with Crippen LogP contribution in [0.4, 0.5) is 0 Å². The number of ether oxygens (including phenoxy) is 2. The predicted octanol–water partition coefficient (Wildman–Crippen LogP) is 2.96. The summed E-state index contributed by atoms with van der Waals surface area (Å²) in [6, 6.07) is 0. The summed E-state index contributed by atoms with van der Waals surface area (Å²) in [4.78, 5) is 0. The summed E-state index contributed by atoms with van der Waals surface area (Å²) in [5.41, 5.74) is 1.30. The maximum Gasteiger partial charge on any atom is 0.181 e. The fourth-order valence-electron chi connectivity index (χ4n) is 1.04. The summed E-state index contributed by atoms with van der Waals surface area (Å²) in [6.07, 6.45) is 3.87. The van der Waals surface area contributed by atoms with Gasteiger partial charge < -0.3 is 9.47 Å². The van der Waals surface area contributed by atoms with Gasteiger partial charge in [-0.05, 0) is 20.3 Å². The highest BCUT2D eigenvalue weighted by molar-refractivity contribution is 6.18. The van der Waals surface area contributed by atoms with Gasteiger partial charge in [0.25, 0.3) is 0 Å². The number of rotatable bonds is 6. The van der Waals surface area contributed by atoms with Crippen molar-refractivity contribution in [2.75, 3.05) is 20.1 Å². The zero-order valence-electron chi connectivity index (χ0n) is 8.89. The molecule has 0 radical (unpaired) electrons. The number of methoxy groups -OCH3 is 2. The van der Waals surface area contributed by atoms with Crippen LogP contribution in [-0.2, 0) is 9.47 Å². The zero-order chi connectivity index (χ0) is 10.3. The first kappa shape index (κ1) is 12.9. The fraction of sp³-hybridized carbons (Fsp3) is 0.800. The van der Waals surface area contributed by atoms with Gasteiger partial charge in [-0.1, -0.05) is 11.6 Å². The van der Waals surface area contributed by atoms with E-state index < -0.39 is 5.79 Å². The van der Waals surface area contributed by atoms with E-state index in [1.807, 2.05) is 0 Å². The van der Waals surface area contributed by atoms with Crippen LogP contribution < -0.4 is 0 Å². The summed E-state index contributed by atoms with van der Waals surface area (Å²) < 4.78 is 10.5. The number of hydrogen-bond donors (Lipinski definition) is 0. The molecule has 0 aliphatic rings. The van der Waals surface area contributed by atoms with Crippen LogP contribution in [-0.4, -0.2) is 25.9 Å². The second-order valence-corrected chi connectivity index (χ2v) is 3.54. The number of hydrogen-bond acceptors (Lipinski definition) is 2. The van der Waals surface area contributed by atoms with Crippen molar-refractivity contribution in [2.45, 2.75) is 32.5 Å². The molecule has 0 fully saturated rings. The Kier molecular flexibility index (Phi) is 6.39. The van der Waals surface area contributed by atoms with Gasteiger partial charge in [0.1, 0.15) is 0 Å². The Labute approximate surface area is 85.9 Å². The molecule has 2 nitrogen and oxygen atoms in total. The molecule has 0 bridgehead atoms. The molecule has 0 atom stereocenters. The van der Waals surface area contributed by atoms with Gasteiger partial charge in [-0.3, -0.25) is 0 Å². The molecule has 3 heteroatoms. The molecular formula is C10H19ClO2. The molecule has 0 heterocycles. The minimum absolute atomic E-state index is 0.358. The quantitative estimate of drug-likeness (QED) is 0.378. The third-order valence-electron chi connectivity index (χ3n) is 2.03. The van der Waals surface area contributed by atoms with Gasteiger partial charge in [0.05, 0.1) is 5.88 Å². The first-order valence-corrected chi connectivity index (χ1v) is 4.93. The maximum absolute atomic E-state index is 5.77. The third kappa shape index (κ3) is 4.65. The van der Waals surface area contributed by atoms with Crippen molar-refractivity contribution in [3.05, 3.63) is 11.6 Å². The Hall–Kier alpha value is -0.0500. The van der Waals surface area contributed by atoms with Crippen LogP contribution in [0.2, 0.25) is 0 Å². The monoisotopic (exact) mass is 206 g/mol. The average molecular weight is 207 g/mol. The second-order valence-electron chi connectivity index (χ2n) is 3.27. The molecule has 13 heavy (non-hydrogen) atoms. The molecule has 0 aromatic rings. The van der Waals surface area contributed by atoms with E-state index in [0.29, 0.717) is 5.88 Å². The lowest BCUT2D eigenvalue weighted by Gasteiger charge is -2.28. The van der Waals surface area contributed by atoms with E-state index in [4.69, 9.17) is 21.1 Å². The van der Waals surface area contributed by atoms with E-state index >= 15 is 0 Å². The maximum atomic E-state index is 5.77. The van der Waals surface area contributed by atoms with Crippen LogP contribution in [0.3, 0.4) is 0 Å². The Balaban J connectivity index is 4.03. The van der Waals surface area contributed by atoms with Crippen molar-refractivity contribution in [1.29, 1.82) is 0 Å². The van der Waals surface area contributed by atoms with Crippen molar-refractivity contribution in [3.8, 4) is 0 Å². The Morgan fingerprint density at radius 1 is 1.31 bits per heavy atom. The van der Waals surface area contributed by atoms with Crippen LogP contribution in [0, 0.1) is 0 Å². The Bertz CT molecular complexity index is 150. The first-order chi connectivity index (χ1) is 6.10. The van der Waals surface area contributed by atoms with Gasteiger partial charge in [-0.25, -0.2) is 0 Å². The summed E-state index contributed by atoms with van der Waals surface area (Å²) in [6.45, 7) is 4.14. The van der Waals surface area contributed by atoms with Crippen molar-refractivity contribution < 1.29 is 9.47 Å². The molecule has 0 saturated heterocycles. The third-order valence-corrected chi connectivity index (χ3v) is 2.43. The fourth-order valence-corrected chi connectivity index (χ4v) is 1.40. The van der Waals surface area contributed by atoms with E-state index in [0.717, 1.165) is 12.8 Å². The minimum atomic E-state index is -0.618. The highest BCUT2D eigenvalue weighted by Gasteiger charge is 2.27. The normalized spacial score (nSPS) is 11.5. The number of allylic oxidation sites excluding steroid dienone is 2. The van der Waals surface area contributed by atoms with Gasteiger partial charge in [0, 0.05) is 20.6 Å². The Morgan fingerprint density at radius 2 is 1.85 bits per heavy atom. The van der Waals surface area contributed by atoms with E-state index in [9.17, 15) is 0 Å². The van der Waals surface area contributed by atoms with E-state index in [-0.39, 0.29) is 0 Å². The Morgan fingerprint density at radius 3 is 2.15 bits per heavy atom. The second kappa shape index (κ2) is 6.41. The lowest BCUT2D eigenvalue weighted by atomic mass is 10.1. The summed E-state index contributed by atoms with van der Waals surface area (Å²) in [7, 11) is 3.24. The van der Waals surface area contributed by atoms with Crippen LogP contribution in [0.5, 0.6) is 0 Å². The van der Waals surface area contributed by atoms with E-state index in [1.165, 1.54) is 5.57 Å². The first-order valence-electron chi connectivity index (χ1n) is 4.40. The van der Waals surface area contributed by atoms with Gasteiger partial charge in [0.2, 0.25) is 0 Å². The SMILES string of the molecule is COC(CCl)(CCC=C(C)C)OC. The van der Waals surface area contributed by atoms with Crippen LogP contribution in [0.1, 0.15) is 26.7 Å². The topological polar surface area (TPSA) is 18.5 Å². The molecule has 0 amide bonds. The molecule has 0 saturated carbocycles. The van der Waals surface area contributed by atoms with Crippen molar-refractivity contribution in [3.63, 3.8) is 0 Å². The van der Waals surface area contributed by atoms with Gasteiger partial charge in [-0.15, -0.1) is 11.6 Å². The van der Waals surface area contributed by atoms with Crippen LogP contribution in [0.15, 0.2) is 11.6 Å². The molecule has 0 aromatic heterocycles. The largest absolute Gasteiger partial charge is 0.352 e. The average Bonchev–Trinajstić information content (AvgIpc) is 2.13. The van der Waals surface area contributed by atoms with Crippen LogP contribution >= 0.6 is 11.6 Å². The van der Waals surface area contributed by atoms with Crippen molar-refractivity contribution in [1.82, 2.24) is 0 Å². The molecule has 0 aliphatic heterocycles. The molecule has 0 aromatic carbocycles. The van der Waals surface area contributed by atoms with Gasteiger partial charge >= 0.3 is 0 Å². The zero-order valence-corrected chi connectivity index (χ0v) is 9.65. The molecular weight excluding hydrogens is 188 g/mol. The molecule has 0 unspecified atom stereocenters. The molecule has 0 aliphatic carbocycles. The predicted molar refractivity (Wildman–Crippen MR) is 56.1 cm³/mol. The molecule has 0 N–H and O–H groups in total. The summed E-state index contributed by atoms with van der Waals surface area (Å²) >= 11 is 5.77. The van der Waals surface area contributed by atoms with Crippen molar-refractivity contribution in [2.24, 2.45) is 0 Å². The molecule has 0 spiro atoms. The van der Waals surface area contributed by atoms with Crippen LogP contribution in [0.25, 0.3) is 0 Å². The smallest absolute Gasteiger partial charge is 0.181 e. The lowest BCUT2D eigenvalue weighted by Crippen LogP contribution is -2.35. The van der Waals surface area contributed by atoms with Crippen molar-refractivity contribution >= 4 is 11.6 Å². The highest BCUT2D eigenvalue weighted by Crippen LogP contribution is 2.20. The molecule has 0 rings (SSSR count). The van der Waals surface area contributed by atoms with E-state index in [2.05, 4.69) is 19.9 Å². The minimum Gasteiger partial charge on any atom is -0.352 e.